The fourth-order valence-corrected chi connectivity index (χ4v) is 1.18. The Kier molecular flexibility index (Phi) is 3.61. The molecule has 1 aromatic carbocycles. The first-order valence-corrected chi connectivity index (χ1v) is 4.55. The minimum absolute atomic E-state index is 0.278. The zero-order chi connectivity index (χ0) is 10.6. The summed E-state index contributed by atoms with van der Waals surface area (Å²) in [6.07, 6.45) is 0. The third-order valence-corrected chi connectivity index (χ3v) is 2.07. The summed E-state index contributed by atoms with van der Waals surface area (Å²) in [5.41, 5.74) is 0.708. The Morgan fingerprint density at radius 2 is 2.29 bits per heavy atom. The summed E-state index contributed by atoms with van der Waals surface area (Å²) >= 11 is 5.93. The molecule has 0 heterocycles. The predicted molar refractivity (Wildman–Crippen MR) is 56.7 cm³/mol. The van der Waals surface area contributed by atoms with Crippen molar-refractivity contribution in [1.29, 1.82) is 5.26 Å². The van der Waals surface area contributed by atoms with Crippen molar-refractivity contribution >= 4 is 17.3 Å². The highest BCUT2D eigenvalue weighted by molar-refractivity contribution is 6.33. The number of nitrogens with zero attached hydrogens (tertiary/aromatic N) is 1. The average molecular weight is 211 g/mol. The summed E-state index contributed by atoms with van der Waals surface area (Å²) < 4.78 is 5.04. The number of anilines is 1. The summed E-state index contributed by atoms with van der Waals surface area (Å²) in [4.78, 5) is 0. The molecular weight excluding hydrogens is 200 g/mol. The van der Waals surface area contributed by atoms with Gasteiger partial charge in [-0.25, -0.2) is 0 Å². The van der Waals surface area contributed by atoms with Crippen LogP contribution in [0, 0.1) is 11.3 Å². The van der Waals surface area contributed by atoms with Crippen LogP contribution in [0.15, 0.2) is 18.2 Å². The van der Waals surface area contributed by atoms with E-state index >= 15 is 0 Å². The zero-order valence-electron chi connectivity index (χ0n) is 8.04. The molecule has 0 aliphatic carbocycles. The molecule has 0 radical (unpaired) electrons. The van der Waals surface area contributed by atoms with Crippen molar-refractivity contribution in [2.45, 2.75) is 13.0 Å². The maximum absolute atomic E-state index is 8.63. The van der Waals surface area contributed by atoms with Crippen LogP contribution in [0.3, 0.4) is 0 Å². The van der Waals surface area contributed by atoms with Crippen LogP contribution in [0.2, 0.25) is 5.02 Å². The van der Waals surface area contributed by atoms with Crippen molar-refractivity contribution in [3.8, 4) is 11.8 Å². The van der Waals surface area contributed by atoms with Gasteiger partial charge in [-0.15, -0.1) is 0 Å². The summed E-state index contributed by atoms with van der Waals surface area (Å²) in [7, 11) is 1.58. The van der Waals surface area contributed by atoms with Crippen LogP contribution in [0.5, 0.6) is 5.75 Å². The summed E-state index contributed by atoms with van der Waals surface area (Å²) in [6, 6.07) is 7.05. The average Bonchev–Trinajstić information content (AvgIpc) is 2.21. The molecule has 1 atom stereocenters. The first-order valence-electron chi connectivity index (χ1n) is 4.17. The molecule has 0 aliphatic rings. The molecule has 14 heavy (non-hydrogen) atoms. The van der Waals surface area contributed by atoms with Crippen LogP contribution in [0.25, 0.3) is 0 Å². The number of ether oxygens (including phenoxy) is 1. The molecule has 0 saturated carbocycles. The second kappa shape index (κ2) is 4.73. The third kappa shape index (κ3) is 2.54. The van der Waals surface area contributed by atoms with E-state index in [2.05, 4.69) is 11.4 Å². The van der Waals surface area contributed by atoms with Crippen molar-refractivity contribution in [2.24, 2.45) is 0 Å². The van der Waals surface area contributed by atoms with Crippen LogP contribution in [-0.2, 0) is 0 Å². The Hall–Kier alpha value is -1.40. The number of benzene rings is 1. The molecule has 1 unspecified atom stereocenters. The van der Waals surface area contributed by atoms with Crippen LogP contribution in [0.4, 0.5) is 5.69 Å². The van der Waals surface area contributed by atoms with Gasteiger partial charge in [0.1, 0.15) is 11.8 Å². The maximum Gasteiger partial charge on any atom is 0.121 e. The quantitative estimate of drug-likeness (QED) is 0.834. The largest absolute Gasteiger partial charge is 0.497 e. The van der Waals surface area contributed by atoms with Gasteiger partial charge >= 0.3 is 0 Å². The Morgan fingerprint density at radius 3 is 2.86 bits per heavy atom. The Morgan fingerprint density at radius 1 is 1.57 bits per heavy atom. The minimum Gasteiger partial charge on any atom is -0.497 e. The fraction of sp³-hybridized carbons (Fsp3) is 0.300. The number of nitriles is 1. The second-order valence-electron chi connectivity index (χ2n) is 2.84. The van der Waals surface area contributed by atoms with Gasteiger partial charge in [0.2, 0.25) is 0 Å². The maximum atomic E-state index is 8.63. The van der Waals surface area contributed by atoms with Gasteiger partial charge in [-0.3, -0.25) is 0 Å². The second-order valence-corrected chi connectivity index (χ2v) is 3.25. The van der Waals surface area contributed by atoms with E-state index in [1.165, 1.54) is 0 Å². The minimum atomic E-state index is -0.278. The molecule has 4 heteroatoms. The molecule has 1 N–H and O–H groups in total. The lowest BCUT2D eigenvalue weighted by molar-refractivity contribution is 0.415. The number of methoxy groups -OCH3 is 1. The van der Waals surface area contributed by atoms with E-state index in [-0.39, 0.29) is 6.04 Å². The van der Waals surface area contributed by atoms with Crippen LogP contribution >= 0.6 is 11.6 Å². The van der Waals surface area contributed by atoms with Gasteiger partial charge in [0.25, 0.3) is 0 Å². The Bertz CT molecular complexity index is 360. The molecular formula is C10H11ClN2O. The Labute approximate surface area is 88.3 Å². The normalized spacial score (nSPS) is 11.6. The highest BCUT2D eigenvalue weighted by Gasteiger charge is 2.05. The number of hydrogen-bond donors (Lipinski definition) is 1. The topological polar surface area (TPSA) is 45.0 Å². The molecule has 0 fully saturated rings. The summed E-state index contributed by atoms with van der Waals surface area (Å²) in [5, 5.41) is 12.2. The molecule has 0 bridgehead atoms. The van der Waals surface area contributed by atoms with Gasteiger partial charge < -0.3 is 10.1 Å². The van der Waals surface area contributed by atoms with E-state index < -0.39 is 0 Å². The molecule has 1 rings (SSSR count). The zero-order valence-corrected chi connectivity index (χ0v) is 8.80. The van der Waals surface area contributed by atoms with E-state index in [1.807, 2.05) is 0 Å². The molecule has 0 saturated heterocycles. The van der Waals surface area contributed by atoms with Crippen LogP contribution in [0.1, 0.15) is 6.92 Å². The third-order valence-electron chi connectivity index (χ3n) is 1.74. The summed E-state index contributed by atoms with van der Waals surface area (Å²) in [6.45, 7) is 1.76. The number of nitrogens with one attached hydrogen (secondary N) is 1. The van der Waals surface area contributed by atoms with Gasteiger partial charge in [0, 0.05) is 6.07 Å². The molecule has 3 nitrogen and oxygen atoms in total. The summed E-state index contributed by atoms with van der Waals surface area (Å²) in [5.74, 6) is 0.710. The molecule has 0 aliphatic heterocycles. The monoisotopic (exact) mass is 210 g/mol. The lowest BCUT2D eigenvalue weighted by atomic mass is 10.2. The fourth-order valence-electron chi connectivity index (χ4n) is 1.01. The first-order chi connectivity index (χ1) is 6.67. The molecule has 1 aromatic rings. The highest BCUT2D eigenvalue weighted by Crippen LogP contribution is 2.26. The van der Waals surface area contributed by atoms with Gasteiger partial charge in [-0.2, -0.15) is 5.26 Å². The van der Waals surface area contributed by atoms with Gasteiger partial charge in [0.05, 0.1) is 23.9 Å². The van der Waals surface area contributed by atoms with Crippen molar-refractivity contribution < 1.29 is 4.74 Å². The number of hydrogen-bond acceptors (Lipinski definition) is 3. The van der Waals surface area contributed by atoms with E-state index in [4.69, 9.17) is 21.6 Å². The Balaban J connectivity index is 2.90. The van der Waals surface area contributed by atoms with Gasteiger partial charge in [-0.05, 0) is 19.1 Å². The molecule has 0 aromatic heterocycles. The van der Waals surface area contributed by atoms with E-state index in [9.17, 15) is 0 Å². The first kappa shape index (κ1) is 10.7. The van der Waals surface area contributed by atoms with Crippen molar-refractivity contribution in [1.82, 2.24) is 0 Å². The van der Waals surface area contributed by atoms with Crippen LogP contribution < -0.4 is 10.1 Å². The van der Waals surface area contributed by atoms with Crippen molar-refractivity contribution in [3.63, 3.8) is 0 Å². The van der Waals surface area contributed by atoms with Crippen LogP contribution in [-0.4, -0.2) is 13.2 Å². The number of rotatable bonds is 3. The smallest absolute Gasteiger partial charge is 0.121 e. The highest BCUT2D eigenvalue weighted by atomic mass is 35.5. The standard InChI is InChI=1S/C10H11ClN2O/c1-7(6-12)13-10-5-8(14-2)3-4-9(10)11/h3-5,7,13H,1-2H3. The van der Waals surface area contributed by atoms with Crippen molar-refractivity contribution in [2.75, 3.05) is 12.4 Å². The lowest BCUT2D eigenvalue weighted by Crippen LogP contribution is -2.12. The van der Waals surface area contributed by atoms with E-state index in [0.29, 0.717) is 16.5 Å². The SMILES string of the molecule is COc1ccc(Cl)c(NC(C)C#N)c1. The number of halogens is 1. The van der Waals surface area contributed by atoms with Gasteiger partial charge in [-0.1, -0.05) is 11.6 Å². The molecule has 0 spiro atoms. The van der Waals surface area contributed by atoms with E-state index in [1.54, 1.807) is 32.2 Å². The van der Waals surface area contributed by atoms with Crippen molar-refractivity contribution in [3.05, 3.63) is 23.2 Å². The van der Waals surface area contributed by atoms with Gasteiger partial charge in [0.15, 0.2) is 0 Å². The molecule has 74 valence electrons. The van der Waals surface area contributed by atoms with E-state index in [0.717, 1.165) is 0 Å². The lowest BCUT2D eigenvalue weighted by Gasteiger charge is -2.10. The molecule has 0 amide bonds. The predicted octanol–water partition coefficient (Wildman–Crippen LogP) is 2.67.